The second kappa shape index (κ2) is 10.5. The minimum Gasteiger partial charge on any atom is -0.493 e. The predicted octanol–water partition coefficient (Wildman–Crippen LogP) is 4.27. The van der Waals surface area contributed by atoms with Crippen LogP contribution in [-0.4, -0.2) is 32.8 Å². The Morgan fingerprint density at radius 2 is 2.04 bits per heavy atom. The number of benzene rings is 2. The monoisotopic (exact) mass is 441 g/mol. The fourth-order valence-electron chi connectivity index (χ4n) is 2.11. The largest absolute Gasteiger partial charge is 0.493 e. The van der Waals surface area contributed by atoms with Gasteiger partial charge in [0.05, 0.1) is 13.7 Å². The predicted molar refractivity (Wildman–Crippen MR) is 101 cm³/mol. The standard InChI is InChI=1S/C19H18BrF2NO4/c1-25-17-11-13(5-7-16(17)27-19(21)22)6-8-18(24)23-9-10-26-15-4-2-3-14(20)12-15/h2-8,11-12,19H,9-10H2,1H3,(H,23,24)/b8-6+. The molecule has 8 heteroatoms. The number of nitrogens with one attached hydrogen (secondary N) is 1. The van der Waals surface area contributed by atoms with Crippen LogP contribution in [0.1, 0.15) is 5.56 Å². The number of methoxy groups -OCH3 is 1. The minimum absolute atomic E-state index is 0.0706. The van der Waals surface area contributed by atoms with Gasteiger partial charge in [-0.25, -0.2) is 0 Å². The number of hydrogen-bond acceptors (Lipinski definition) is 4. The van der Waals surface area contributed by atoms with Gasteiger partial charge < -0.3 is 19.5 Å². The maximum absolute atomic E-state index is 12.3. The maximum atomic E-state index is 12.3. The quantitative estimate of drug-likeness (QED) is 0.466. The SMILES string of the molecule is COc1cc(/C=C/C(=O)NCCOc2cccc(Br)c2)ccc1OC(F)F. The highest BCUT2D eigenvalue weighted by atomic mass is 79.9. The molecule has 0 aromatic heterocycles. The highest BCUT2D eigenvalue weighted by Gasteiger charge is 2.10. The summed E-state index contributed by atoms with van der Waals surface area (Å²) in [7, 11) is 1.35. The Morgan fingerprint density at radius 3 is 2.74 bits per heavy atom. The molecule has 2 aromatic carbocycles. The van der Waals surface area contributed by atoms with Crippen LogP contribution in [0.4, 0.5) is 8.78 Å². The first-order valence-electron chi connectivity index (χ1n) is 7.95. The van der Waals surface area contributed by atoms with Crippen molar-refractivity contribution in [3.63, 3.8) is 0 Å². The van der Waals surface area contributed by atoms with E-state index in [-0.39, 0.29) is 17.4 Å². The van der Waals surface area contributed by atoms with Gasteiger partial charge in [-0.15, -0.1) is 0 Å². The molecule has 144 valence electrons. The van der Waals surface area contributed by atoms with Gasteiger partial charge in [0.15, 0.2) is 11.5 Å². The van der Waals surface area contributed by atoms with Gasteiger partial charge in [0.25, 0.3) is 0 Å². The summed E-state index contributed by atoms with van der Waals surface area (Å²) in [6.07, 6.45) is 2.88. The first-order valence-corrected chi connectivity index (χ1v) is 8.74. The summed E-state index contributed by atoms with van der Waals surface area (Å²) in [6, 6.07) is 11.8. The van der Waals surface area contributed by atoms with Gasteiger partial charge in [0, 0.05) is 10.5 Å². The van der Waals surface area contributed by atoms with E-state index in [0.29, 0.717) is 24.5 Å². The fourth-order valence-corrected chi connectivity index (χ4v) is 2.49. The van der Waals surface area contributed by atoms with E-state index in [0.717, 1.165) is 4.47 Å². The lowest BCUT2D eigenvalue weighted by atomic mass is 10.2. The van der Waals surface area contributed by atoms with E-state index in [2.05, 4.69) is 26.0 Å². The van der Waals surface area contributed by atoms with Crippen molar-refractivity contribution in [3.8, 4) is 17.2 Å². The minimum atomic E-state index is -2.94. The molecule has 1 N–H and O–H groups in total. The molecule has 0 heterocycles. The number of alkyl halides is 2. The van der Waals surface area contributed by atoms with E-state index in [1.54, 1.807) is 12.1 Å². The number of carbonyl (C=O) groups is 1. The average molecular weight is 442 g/mol. The smallest absolute Gasteiger partial charge is 0.387 e. The van der Waals surface area contributed by atoms with Gasteiger partial charge in [-0.1, -0.05) is 28.1 Å². The van der Waals surface area contributed by atoms with Crippen molar-refractivity contribution < 1.29 is 27.8 Å². The Bertz CT molecular complexity index is 799. The van der Waals surface area contributed by atoms with Crippen LogP contribution in [0.3, 0.4) is 0 Å². The van der Waals surface area contributed by atoms with Crippen molar-refractivity contribution >= 4 is 27.9 Å². The molecule has 0 aliphatic rings. The molecular weight excluding hydrogens is 424 g/mol. The second-order valence-electron chi connectivity index (χ2n) is 5.22. The van der Waals surface area contributed by atoms with E-state index < -0.39 is 6.61 Å². The summed E-state index contributed by atoms with van der Waals surface area (Å²) in [5, 5.41) is 2.69. The lowest BCUT2D eigenvalue weighted by Gasteiger charge is -2.10. The topological polar surface area (TPSA) is 56.8 Å². The third kappa shape index (κ3) is 7.26. The molecule has 0 saturated carbocycles. The Kier molecular flexibility index (Phi) is 8.06. The Balaban J connectivity index is 1.81. The lowest BCUT2D eigenvalue weighted by Crippen LogP contribution is -2.26. The van der Waals surface area contributed by atoms with Gasteiger partial charge in [0.2, 0.25) is 5.91 Å². The number of rotatable bonds is 9. The van der Waals surface area contributed by atoms with E-state index >= 15 is 0 Å². The van der Waals surface area contributed by atoms with E-state index in [4.69, 9.17) is 9.47 Å². The molecule has 0 bridgehead atoms. The van der Waals surface area contributed by atoms with Crippen LogP contribution >= 0.6 is 15.9 Å². The van der Waals surface area contributed by atoms with Gasteiger partial charge in [0.1, 0.15) is 12.4 Å². The first-order chi connectivity index (χ1) is 13.0. The van der Waals surface area contributed by atoms with Crippen LogP contribution < -0.4 is 19.5 Å². The average Bonchev–Trinajstić information content (AvgIpc) is 2.64. The van der Waals surface area contributed by atoms with Gasteiger partial charge in [-0.2, -0.15) is 8.78 Å². The number of halogens is 3. The number of amides is 1. The zero-order chi connectivity index (χ0) is 19.6. The van der Waals surface area contributed by atoms with E-state index in [9.17, 15) is 13.6 Å². The summed E-state index contributed by atoms with van der Waals surface area (Å²) in [4.78, 5) is 11.8. The molecule has 5 nitrogen and oxygen atoms in total. The van der Waals surface area contributed by atoms with Crippen molar-refractivity contribution in [2.75, 3.05) is 20.3 Å². The molecule has 2 aromatic rings. The summed E-state index contributed by atoms with van der Waals surface area (Å²) in [6.45, 7) is -2.28. The summed E-state index contributed by atoms with van der Waals surface area (Å²) >= 11 is 3.35. The number of carbonyl (C=O) groups excluding carboxylic acids is 1. The lowest BCUT2D eigenvalue weighted by molar-refractivity contribution is -0.116. The molecule has 0 fully saturated rings. The third-order valence-electron chi connectivity index (χ3n) is 3.30. The number of hydrogen-bond donors (Lipinski definition) is 1. The molecule has 2 rings (SSSR count). The molecule has 0 saturated heterocycles. The van der Waals surface area contributed by atoms with Crippen molar-refractivity contribution in [2.45, 2.75) is 6.61 Å². The molecule has 27 heavy (non-hydrogen) atoms. The summed E-state index contributed by atoms with van der Waals surface area (Å²) in [5.74, 6) is 0.478. The molecule has 0 spiro atoms. The zero-order valence-electron chi connectivity index (χ0n) is 14.5. The Labute approximate surface area is 164 Å². The van der Waals surface area contributed by atoms with Gasteiger partial charge in [-0.3, -0.25) is 4.79 Å². The fraction of sp³-hybridized carbons (Fsp3) is 0.211. The molecule has 0 aliphatic carbocycles. The van der Waals surface area contributed by atoms with Crippen molar-refractivity contribution in [1.82, 2.24) is 5.32 Å². The highest BCUT2D eigenvalue weighted by Crippen LogP contribution is 2.29. The molecule has 0 radical (unpaired) electrons. The maximum Gasteiger partial charge on any atom is 0.387 e. The Morgan fingerprint density at radius 1 is 1.22 bits per heavy atom. The van der Waals surface area contributed by atoms with Gasteiger partial charge in [-0.05, 0) is 42.0 Å². The van der Waals surface area contributed by atoms with E-state index in [1.165, 1.54) is 25.3 Å². The summed E-state index contributed by atoms with van der Waals surface area (Å²) in [5.41, 5.74) is 0.606. The first kappa shape index (κ1) is 20.7. The van der Waals surface area contributed by atoms with Crippen LogP contribution in [0.25, 0.3) is 6.08 Å². The second-order valence-corrected chi connectivity index (χ2v) is 6.13. The molecule has 0 unspecified atom stereocenters. The van der Waals surface area contributed by atoms with Crippen LogP contribution in [0.2, 0.25) is 0 Å². The number of ether oxygens (including phenoxy) is 3. The highest BCUT2D eigenvalue weighted by molar-refractivity contribution is 9.10. The molecular formula is C19H18BrF2NO4. The normalized spacial score (nSPS) is 10.9. The van der Waals surface area contributed by atoms with Crippen LogP contribution in [0, 0.1) is 0 Å². The van der Waals surface area contributed by atoms with Crippen molar-refractivity contribution in [1.29, 1.82) is 0 Å². The van der Waals surface area contributed by atoms with Crippen LogP contribution in [0.15, 0.2) is 53.0 Å². The summed E-state index contributed by atoms with van der Waals surface area (Å²) < 4.78 is 40.4. The molecule has 0 aliphatic heterocycles. The van der Waals surface area contributed by atoms with Gasteiger partial charge >= 0.3 is 6.61 Å². The zero-order valence-corrected chi connectivity index (χ0v) is 16.0. The molecule has 1 amide bonds. The van der Waals surface area contributed by atoms with Crippen LogP contribution in [0.5, 0.6) is 17.2 Å². The Hall–Kier alpha value is -2.61. The molecule has 0 atom stereocenters. The van der Waals surface area contributed by atoms with Crippen molar-refractivity contribution in [3.05, 3.63) is 58.6 Å². The van der Waals surface area contributed by atoms with Crippen LogP contribution in [-0.2, 0) is 4.79 Å². The van der Waals surface area contributed by atoms with Crippen molar-refractivity contribution in [2.24, 2.45) is 0 Å². The van der Waals surface area contributed by atoms with E-state index in [1.807, 2.05) is 24.3 Å². The third-order valence-corrected chi connectivity index (χ3v) is 3.79.